The Morgan fingerprint density at radius 2 is 1.86 bits per heavy atom. The molecular weight excluding hydrogens is 408 g/mol. The van der Waals surface area contributed by atoms with Gasteiger partial charge in [0.15, 0.2) is 0 Å². The van der Waals surface area contributed by atoms with Gasteiger partial charge in [0.1, 0.15) is 0 Å². The summed E-state index contributed by atoms with van der Waals surface area (Å²) in [5.41, 5.74) is 2.31. The fourth-order valence-electron chi connectivity index (χ4n) is 3.10. The second-order valence-electron chi connectivity index (χ2n) is 6.91. The molecule has 0 unspecified atom stereocenters. The maximum atomic E-state index is 13.0. The number of hydrogen-bond acceptors (Lipinski definition) is 5. The summed E-state index contributed by atoms with van der Waals surface area (Å²) in [5.74, 6) is 0.131. The predicted octanol–water partition coefficient (Wildman–Crippen LogP) is 3.45. The van der Waals surface area contributed by atoms with Crippen molar-refractivity contribution in [2.24, 2.45) is 0 Å². The molecule has 1 amide bonds. The summed E-state index contributed by atoms with van der Waals surface area (Å²) in [4.78, 5) is 12.6. The van der Waals surface area contributed by atoms with E-state index in [1.54, 1.807) is 36.9 Å². The number of ether oxygens (including phenoxy) is 1. The van der Waals surface area contributed by atoms with Crippen molar-refractivity contribution in [2.75, 3.05) is 37.4 Å². The van der Waals surface area contributed by atoms with Crippen molar-refractivity contribution < 1.29 is 17.9 Å². The predicted molar refractivity (Wildman–Crippen MR) is 117 cm³/mol. The molecular formula is C21H26N2O4S2. The van der Waals surface area contributed by atoms with Crippen molar-refractivity contribution in [3.05, 3.63) is 59.7 Å². The van der Waals surface area contributed by atoms with E-state index in [9.17, 15) is 13.2 Å². The number of rotatable bonds is 7. The molecule has 1 N–H and O–H groups in total. The number of carbonyl (C=O) groups excluding carboxylic acids is 1. The Bertz CT molecular complexity index is 942. The molecule has 0 saturated carbocycles. The second-order valence-corrected chi connectivity index (χ2v) is 10.1. The summed E-state index contributed by atoms with van der Waals surface area (Å²) in [7, 11) is -3.62. The summed E-state index contributed by atoms with van der Waals surface area (Å²) in [6.45, 7) is 5.29. The van der Waals surface area contributed by atoms with Crippen molar-refractivity contribution in [2.45, 2.75) is 24.0 Å². The van der Waals surface area contributed by atoms with Crippen LogP contribution in [0, 0.1) is 6.92 Å². The lowest BCUT2D eigenvalue weighted by Crippen LogP contribution is -2.40. The highest BCUT2D eigenvalue weighted by Crippen LogP contribution is 2.28. The van der Waals surface area contributed by atoms with Gasteiger partial charge in [0.2, 0.25) is 15.9 Å². The Morgan fingerprint density at radius 3 is 2.55 bits per heavy atom. The zero-order chi connectivity index (χ0) is 20.9. The number of anilines is 1. The third kappa shape index (κ3) is 5.60. The topological polar surface area (TPSA) is 75.7 Å². The quantitative estimate of drug-likeness (QED) is 0.722. The van der Waals surface area contributed by atoms with Gasteiger partial charge in [-0.25, -0.2) is 8.42 Å². The number of sulfonamides is 1. The van der Waals surface area contributed by atoms with E-state index in [1.807, 2.05) is 30.3 Å². The van der Waals surface area contributed by atoms with Crippen LogP contribution in [0.5, 0.6) is 0 Å². The first-order chi connectivity index (χ1) is 13.9. The number of aryl methyl sites for hydroxylation is 1. The van der Waals surface area contributed by atoms with Gasteiger partial charge in [0.25, 0.3) is 0 Å². The molecule has 1 heterocycles. The van der Waals surface area contributed by atoms with E-state index in [0.717, 1.165) is 0 Å². The number of carbonyl (C=O) groups is 1. The third-order valence-corrected chi connectivity index (χ3v) is 8.03. The molecule has 0 aromatic heterocycles. The van der Waals surface area contributed by atoms with Crippen molar-refractivity contribution in [1.29, 1.82) is 0 Å². The smallest absolute Gasteiger partial charge is 0.243 e. The third-order valence-electron chi connectivity index (χ3n) is 4.79. The zero-order valence-corrected chi connectivity index (χ0v) is 18.3. The molecule has 156 valence electrons. The van der Waals surface area contributed by atoms with E-state index in [-0.39, 0.29) is 21.8 Å². The van der Waals surface area contributed by atoms with Crippen LogP contribution < -0.4 is 5.32 Å². The fourth-order valence-corrected chi connectivity index (χ4v) is 5.58. The van der Waals surface area contributed by atoms with E-state index < -0.39 is 10.0 Å². The SMILES string of the molecule is Cc1ccc(NC(=O)CS[C@H](C)c2ccccc2)cc1S(=O)(=O)N1CCOCC1. The minimum Gasteiger partial charge on any atom is -0.379 e. The van der Waals surface area contributed by atoms with Crippen LogP contribution >= 0.6 is 11.8 Å². The summed E-state index contributed by atoms with van der Waals surface area (Å²) >= 11 is 1.54. The van der Waals surface area contributed by atoms with Gasteiger partial charge >= 0.3 is 0 Å². The number of thioether (sulfide) groups is 1. The first-order valence-corrected chi connectivity index (χ1v) is 12.0. The number of morpholine rings is 1. The molecule has 1 atom stereocenters. The van der Waals surface area contributed by atoms with Gasteiger partial charge in [-0.1, -0.05) is 36.4 Å². The zero-order valence-electron chi connectivity index (χ0n) is 16.6. The molecule has 3 rings (SSSR count). The largest absolute Gasteiger partial charge is 0.379 e. The Labute approximate surface area is 176 Å². The van der Waals surface area contributed by atoms with Gasteiger partial charge in [0.05, 0.1) is 23.9 Å². The average Bonchev–Trinajstić information content (AvgIpc) is 2.74. The lowest BCUT2D eigenvalue weighted by atomic mass is 10.2. The van der Waals surface area contributed by atoms with E-state index >= 15 is 0 Å². The summed E-state index contributed by atoms with van der Waals surface area (Å²) < 4.78 is 32.6. The van der Waals surface area contributed by atoms with E-state index in [4.69, 9.17) is 4.74 Å². The number of nitrogens with zero attached hydrogens (tertiary/aromatic N) is 1. The van der Waals surface area contributed by atoms with Crippen molar-refractivity contribution in [3.63, 3.8) is 0 Å². The van der Waals surface area contributed by atoms with E-state index in [2.05, 4.69) is 12.2 Å². The van der Waals surface area contributed by atoms with Gasteiger partial charge in [0, 0.05) is 24.0 Å². The van der Waals surface area contributed by atoms with Crippen LogP contribution in [0.15, 0.2) is 53.4 Å². The molecule has 0 aliphatic carbocycles. The van der Waals surface area contributed by atoms with Gasteiger partial charge in [-0.05, 0) is 37.1 Å². The molecule has 1 aliphatic heterocycles. The highest BCUT2D eigenvalue weighted by molar-refractivity contribution is 8.00. The molecule has 0 spiro atoms. The molecule has 1 fully saturated rings. The van der Waals surface area contributed by atoms with Gasteiger partial charge in [-0.3, -0.25) is 4.79 Å². The van der Waals surface area contributed by atoms with Crippen LogP contribution in [0.25, 0.3) is 0 Å². The van der Waals surface area contributed by atoms with Crippen LogP contribution in [-0.4, -0.2) is 50.7 Å². The van der Waals surface area contributed by atoms with Crippen molar-refractivity contribution in [3.8, 4) is 0 Å². The molecule has 1 saturated heterocycles. The number of benzene rings is 2. The maximum absolute atomic E-state index is 13.0. The minimum atomic E-state index is -3.62. The van der Waals surface area contributed by atoms with Crippen LogP contribution in [0.1, 0.15) is 23.3 Å². The summed E-state index contributed by atoms with van der Waals surface area (Å²) in [6.07, 6.45) is 0. The highest BCUT2D eigenvalue weighted by atomic mass is 32.2. The van der Waals surface area contributed by atoms with Crippen LogP contribution in [0.3, 0.4) is 0 Å². The normalized spacial score (nSPS) is 16.3. The monoisotopic (exact) mass is 434 g/mol. The van der Waals surface area contributed by atoms with Crippen LogP contribution in [-0.2, 0) is 19.6 Å². The molecule has 0 radical (unpaired) electrons. The lowest BCUT2D eigenvalue weighted by molar-refractivity contribution is -0.113. The van der Waals surface area contributed by atoms with Crippen LogP contribution in [0.4, 0.5) is 5.69 Å². The van der Waals surface area contributed by atoms with Crippen molar-refractivity contribution >= 4 is 33.4 Å². The maximum Gasteiger partial charge on any atom is 0.243 e. The first-order valence-electron chi connectivity index (χ1n) is 9.53. The Morgan fingerprint density at radius 1 is 1.17 bits per heavy atom. The molecule has 6 nitrogen and oxygen atoms in total. The molecule has 29 heavy (non-hydrogen) atoms. The number of hydrogen-bond donors (Lipinski definition) is 1. The summed E-state index contributed by atoms with van der Waals surface area (Å²) in [6, 6.07) is 15.0. The molecule has 0 bridgehead atoms. The van der Waals surface area contributed by atoms with E-state index in [0.29, 0.717) is 37.6 Å². The first kappa shape index (κ1) is 21.8. The minimum absolute atomic E-state index is 0.156. The highest BCUT2D eigenvalue weighted by Gasteiger charge is 2.28. The Balaban J connectivity index is 1.65. The molecule has 8 heteroatoms. The summed E-state index contributed by atoms with van der Waals surface area (Å²) in [5, 5.41) is 3.02. The standard InChI is InChI=1S/C21H26N2O4S2/c1-16-8-9-19(14-20(16)29(25,26)23-10-12-27-13-11-23)22-21(24)15-28-17(2)18-6-4-3-5-7-18/h3-9,14,17H,10-13,15H2,1-2H3,(H,22,24)/t17-/m1/s1. The van der Waals surface area contributed by atoms with Crippen LogP contribution in [0.2, 0.25) is 0 Å². The molecule has 2 aromatic carbocycles. The lowest BCUT2D eigenvalue weighted by Gasteiger charge is -2.26. The number of amides is 1. The second kappa shape index (κ2) is 9.75. The molecule has 2 aromatic rings. The Hall–Kier alpha value is -1.87. The molecule has 1 aliphatic rings. The van der Waals surface area contributed by atoms with Gasteiger partial charge in [-0.2, -0.15) is 4.31 Å². The van der Waals surface area contributed by atoms with Crippen molar-refractivity contribution in [1.82, 2.24) is 4.31 Å². The van der Waals surface area contributed by atoms with Gasteiger partial charge < -0.3 is 10.1 Å². The fraction of sp³-hybridized carbons (Fsp3) is 0.381. The van der Waals surface area contributed by atoms with E-state index in [1.165, 1.54) is 9.87 Å². The average molecular weight is 435 g/mol. The Kier molecular flexibility index (Phi) is 7.34. The van der Waals surface area contributed by atoms with Gasteiger partial charge in [-0.15, -0.1) is 11.8 Å². The number of nitrogens with one attached hydrogen (secondary N) is 1.